The van der Waals surface area contributed by atoms with Gasteiger partial charge >= 0.3 is 6.36 Å². The Morgan fingerprint density at radius 1 is 1.25 bits per heavy atom. The Hall–Kier alpha value is -2.31. The van der Waals surface area contributed by atoms with E-state index in [4.69, 9.17) is 4.74 Å². The van der Waals surface area contributed by atoms with Crippen LogP contribution in [0.25, 0.3) is 0 Å². The molecule has 2 aliphatic heterocycles. The first-order chi connectivity index (χ1) is 15.1. The van der Waals surface area contributed by atoms with Crippen molar-refractivity contribution in [1.82, 2.24) is 13.9 Å². The number of imidazole rings is 1. The van der Waals surface area contributed by atoms with Gasteiger partial charge in [-0.25, -0.2) is 13.4 Å². The number of aromatic nitrogens is 2. The summed E-state index contributed by atoms with van der Waals surface area (Å²) in [6.07, 6.45) is 0.673. The van der Waals surface area contributed by atoms with Crippen LogP contribution in [0.2, 0.25) is 0 Å². The molecule has 0 amide bonds. The van der Waals surface area contributed by atoms with Crippen molar-refractivity contribution in [2.24, 2.45) is 13.0 Å². The number of hydrogen-bond acceptors (Lipinski definition) is 6. The van der Waals surface area contributed by atoms with Crippen LogP contribution in [0.15, 0.2) is 41.8 Å². The molecule has 0 radical (unpaired) electrons. The first-order valence-corrected chi connectivity index (χ1v) is 11.8. The molecule has 3 heterocycles. The molecule has 1 aromatic carbocycles. The lowest BCUT2D eigenvalue weighted by molar-refractivity contribution is -0.274. The third-order valence-corrected chi connectivity index (χ3v) is 7.45. The largest absolute Gasteiger partial charge is 0.573 e. The molecule has 0 spiro atoms. The van der Waals surface area contributed by atoms with Crippen LogP contribution in [0.3, 0.4) is 0 Å². The van der Waals surface area contributed by atoms with E-state index in [1.165, 1.54) is 35.0 Å². The summed E-state index contributed by atoms with van der Waals surface area (Å²) in [7, 11) is -2.12. The van der Waals surface area contributed by atoms with Crippen LogP contribution in [0, 0.1) is 5.92 Å². The summed E-state index contributed by atoms with van der Waals surface area (Å²) in [6.45, 7) is 0.990. The van der Waals surface area contributed by atoms with Crippen molar-refractivity contribution in [3.8, 4) is 5.75 Å². The van der Waals surface area contributed by atoms with Crippen molar-refractivity contribution in [2.75, 3.05) is 25.0 Å². The van der Waals surface area contributed by atoms with E-state index >= 15 is 0 Å². The summed E-state index contributed by atoms with van der Waals surface area (Å²) in [4.78, 5) is 3.98. The molecule has 1 aromatic heterocycles. The quantitative estimate of drug-likeness (QED) is 0.693. The number of anilines is 1. The van der Waals surface area contributed by atoms with Gasteiger partial charge in [0.15, 0.2) is 5.03 Å². The molecule has 2 aliphatic rings. The fourth-order valence-corrected chi connectivity index (χ4v) is 5.74. The highest BCUT2D eigenvalue weighted by Gasteiger charge is 2.44. The molecular formula is C20H25F3N4O4S. The fraction of sp³-hybridized carbons (Fsp3) is 0.550. The Kier molecular flexibility index (Phi) is 6.37. The van der Waals surface area contributed by atoms with E-state index in [0.29, 0.717) is 12.3 Å². The summed E-state index contributed by atoms with van der Waals surface area (Å²) < 4.78 is 76.9. The van der Waals surface area contributed by atoms with Crippen LogP contribution in [0.1, 0.15) is 19.3 Å². The number of benzene rings is 1. The summed E-state index contributed by atoms with van der Waals surface area (Å²) in [5, 5.41) is 3.18. The zero-order valence-corrected chi connectivity index (χ0v) is 18.3. The zero-order valence-electron chi connectivity index (χ0n) is 17.5. The maximum absolute atomic E-state index is 13.1. The number of ether oxygens (including phenoxy) is 2. The minimum Gasteiger partial charge on any atom is -0.406 e. The molecule has 176 valence electrons. The Morgan fingerprint density at radius 2 is 2.06 bits per heavy atom. The lowest BCUT2D eigenvalue weighted by Gasteiger charge is -2.31. The number of nitrogens with one attached hydrogen (secondary N) is 1. The SMILES string of the molecule is Cn1cnc(S(=O)(=O)N2CC(Nc3cccc(OC(F)(F)F)c3)C(C3CCCCO3)C2)c1. The highest BCUT2D eigenvalue weighted by molar-refractivity contribution is 7.89. The van der Waals surface area contributed by atoms with Crippen molar-refractivity contribution in [3.63, 3.8) is 0 Å². The van der Waals surface area contributed by atoms with Crippen molar-refractivity contribution >= 4 is 15.7 Å². The highest BCUT2D eigenvalue weighted by Crippen LogP contribution is 2.34. The van der Waals surface area contributed by atoms with Gasteiger partial charge in [0.05, 0.1) is 12.4 Å². The number of rotatable bonds is 6. The van der Waals surface area contributed by atoms with Gasteiger partial charge in [-0.2, -0.15) is 4.31 Å². The van der Waals surface area contributed by atoms with Crippen LogP contribution in [-0.2, 0) is 21.8 Å². The molecule has 4 rings (SSSR count). The molecule has 1 N–H and O–H groups in total. The molecule has 2 saturated heterocycles. The first kappa shape index (κ1) is 22.9. The van der Waals surface area contributed by atoms with E-state index in [9.17, 15) is 21.6 Å². The highest BCUT2D eigenvalue weighted by atomic mass is 32.2. The number of hydrogen-bond donors (Lipinski definition) is 1. The van der Waals surface area contributed by atoms with Crippen LogP contribution in [0.5, 0.6) is 5.75 Å². The van der Waals surface area contributed by atoms with Crippen molar-refractivity contribution < 1.29 is 31.1 Å². The predicted octanol–water partition coefficient (Wildman–Crippen LogP) is 2.99. The average molecular weight is 475 g/mol. The number of alkyl halides is 3. The van der Waals surface area contributed by atoms with E-state index in [0.717, 1.165) is 19.3 Å². The zero-order chi connectivity index (χ0) is 22.9. The summed E-state index contributed by atoms with van der Waals surface area (Å²) in [5.41, 5.74) is 0.412. The number of sulfonamides is 1. The summed E-state index contributed by atoms with van der Waals surface area (Å²) in [6, 6.07) is 5.19. The summed E-state index contributed by atoms with van der Waals surface area (Å²) >= 11 is 0. The maximum atomic E-state index is 13.1. The van der Waals surface area contributed by atoms with Crippen molar-refractivity contribution in [2.45, 2.75) is 42.8 Å². The third kappa shape index (κ3) is 5.18. The van der Waals surface area contributed by atoms with Gasteiger partial charge in [-0.05, 0) is 31.4 Å². The second kappa shape index (κ2) is 8.91. The number of aryl methyl sites for hydroxylation is 1. The number of halogens is 3. The molecule has 12 heteroatoms. The molecule has 0 aliphatic carbocycles. The smallest absolute Gasteiger partial charge is 0.406 e. The summed E-state index contributed by atoms with van der Waals surface area (Å²) in [5.74, 6) is -0.509. The standard InChI is InChI=1S/C20H25F3N4O4S/c1-26-12-19(24-13-26)32(28,29)27-10-16(18-7-2-3-8-30-18)17(11-27)25-14-5-4-6-15(9-14)31-20(21,22)23/h4-6,9,12-13,16-18,25H,2-3,7-8,10-11H2,1H3. The van der Waals surface area contributed by atoms with E-state index in [1.807, 2.05) is 0 Å². The van der Waals surface area contributed by atoms with Crippen LogP contribution >= 0.6 is 0 Å². The van der Waals surface area contributed by atoms with E-state index in [2.05, 4.69) is 15.0 Å². The second-order valence-corrected chi connectivity index (χ2v) is 9.98. The van der Waals surface area contributed by atoms with Crippen LogP contribution in [-0.4, -0.2) is 60.5 Å². The fourth-order valence-electron chi connectivity index (χ4n) is 4.27. The molecule has 3 unspecified atom stereocenters. The lowest BCUT2D eigenvalue weighted by atomic mass is 9.91. The Bertz CT molecular complexity index is 1040. The van der Waals surface area contributed by atoms with E-state index in [1.54, 1.807) is 17.7 Å². The van der Waals surface area contributed by atoms with Crippen LogP contribution < -0.4 is 10.1 Å². The van der Waals surface area contributed by atoms with Crippen molar-refractivity contribution in [3.05, 3.63) is 36.8 Å². The molecular weight excluding hydrogens is 449 g/mol. The monoisotopic (exact) mass is 474 g/mol. The molecule has 0 bridgehead atoms. The molecule has 8 nitrogen and oxygen atoms in total. The molecule has 2 aromatic rings. The Morgan fingerprint density at radius 3 is 2.72 bits per heavy atom. The minimum atomic E-state index is -4.79. The predicted molar refractivity (Wildman–Crippen MR) is 110 cm³/mol. The van der Waals surface area contributed by atoms with Gasteiger partial charge in [0.1, 0.15) is 5.75 Å². The molecule has 3 atom stereocenters. The maximum Gasteiger partial charge on any atom is 0.573 e. The first-order valence-electron chi connectivity index (χ1n) is 10.3. The molecule has 32 heavy (non-hydrogen) atoms. The van der Waals surface area contributed by atoms with Crippen LogP contribution in [0.4, 0.5) is 18.9 Å². The Labute approximate surface area is 184 Å². The van der Waals surface area contributed by atoms with Gasteiger partial charge in [-0.15, -0.1) is 13.2 Å². The van der Waals surface area contributed by atoms with Crippen molar-refractivity contribution in [1.29, 1.82) is 0 Å². The number of nitrogens with zero attached hydrogens (tertiary/aromatic N) is 3. The topological polar surface area (TPSA) is 85.7 Å². The second-order valence-electron chi connectivity index (χ2n) is 8.09. The third-order valence-electron chi connectivity index (χ3n) is 5.73. The van der Waals surface area contributed by atoms with Gasteiger partial charge in [0, 0.05) is 56.7 Å². The van der Waals surface area contributed by atoms with Gasteiger partial charge in [-0.1, -0.05) is 6.07 Å². The molecule has 0 saturated carbocycles. The van der Waals surface area contributed by atoms with Gasteiger partial charge in [-0.3, -0.25) is 0 Å². The lowest BCUT2D eigenvalue weighted by Crippen LogP contribution is -2.39. The van der Waals surface area contributed by atoms with E-state index < -0.39 is 16.4 Å². The van der Waals surface area contributed by atoms with Gasteiger partial charge < -0.3 is 19.4 Å². The van der Waals surface area contributed by atoms with Gasteiger partial charge in [0.25, 0.3) is 10.0 Å². The van der Waals surface area contributed by atoms with Gasteiger partial charge in [0.2, 0.25) is 0 Å². The molecule has 2 fully saturated rings. The van der Waals surface area contributed by atoms with E-state index in [-0.39, 0.29) is 41.9 Å². The normalized spacial score (nSPS) is 25.1. The minimum absolute atomic E-state index is 0.0375. The Balaban J connectivity index is 1.56. The average Bonchev–Trinajstić information content (AvgIpc) is 3.35.